The van der Waals surface area contributed by atoms with Gasteiger partial charge >= 0.3 is 0 Å². The molecule has 1 nitrogen and oxygen atoms in total. The Hall–Kier alpha value is -0.810. The van der Waals surface area contributed by atoms with Crippen molar-refractivity contribution < 1.29 is 4.79 Å². The summed E-state index contributed by atoms with van der Waals surface area (Å²) in [6.07, 6.45) is 5.62. The smallest absolute Gasteiger partial charge is 0.163 e. The second kappa shape index (κ2) is 6.87. The van der Waals surface area contributed by atoms with E-state index in [1.165, 1.54) is 19.3 Å². The van der Waals surface area contributed by atoms with Crippen molar-refractivity contribution in [1.29, 1.82) is 0 Å². The molecule has 1 heteroatoms. The summed E-state index contributed by atoms with van der Waals surface area (Å²) < 4.78 is 0. The van der Waals surface area contributed by atoms with Gasteiger partial charge in [-0.3, -0.25) is 4.79 Å². The molecule has 0 unspecified atom stereocenters. The molecule has 0 spiro atoms. The van der Waals surface area contributed by atoms with Crippen LogP contribution in [0.15, 0.2) is 17.9 Å². The topological polar surface area (TPSA) is 17.1 Å². The number of unbranched alkanes of at least 4 members (excludes halogenated alkanes) is 3. The number of hydrogen-bond donors (Lipinski definition) is 0. The largest absolute Gasteiger partial charge is 0.294 e. The Bertz CT molecular complexity index is 185. The van der Waals surface area contributed by atoms with Crippen molar-refractivity contribution in [3.05, 3.63) is 17.9 Å². The minimum atomic E-state index is 0.112. The molecule has 0 aromatic heterocycles. The highest BCUT2D eigenvalue weighted by Gasteiger charge is 2.00. The SMILES string of the molecule is C=C=C(CCCCCC)C(C)=O. The summed E-state index contributed by atoms with van der Waals surface area (Å²) in [6.45, 7) is 7.25. The minimum Gasteiger partial charge on any atom is -0.294 e. The third-order valence-corrected chi connectivity index (χ3v) is 1.92. The molecular weight excluding hydrogens is 148 g/mol. The Morgan fingerprint density at radius 1 is 1.33 bits per heavy atom. The lowest BCUT2D eigenvalue weighted by Crippen LogP contribution is -1.94. The number of ketones is 1. The summed E-state index contributed by atoms with van der Waals surface area (Å²) in [6, 6.07) is 0. The summed E-state index contributed by atoms with van der Waals surface area (Å²) in [5, 5.41) is 0. The molecule has 0 rings (SSSR count). The van der Waals surface area contributed by atoms with Gasteiger partial charge in [0.15, 0.2) is 5.78 Å². The summed E-state index contributed by atoms with van der Waals surface area (Å²) in [5.41, 5.74) is 3.45. The maximum Gasteiger partial charge on any atom is 0.163 e. The van der Waals surface area contributed by atoms with Gasteiger partial charge in [0.05, 0.1) is 0 Å². The fourth-order valence-corrected chi connectivity index (χ4v) is 1.12. The predicted molar refractivity (Wildman–Crippen MR) is 52.1 cm³/mol. The van der Waals surface area contributed by atoms with Crippen LogP contribution in [-0.2, 0) is 4.79 Å². The monoisotopic (exact) mass is 166 g/mol. The molecule has 0 amide bonds. The van der Waals surface area contributed by atoms with Gasteiger partial charge in [0.2, 0.25) is 0 Å². The van der Waals surface area contributed by atoms with Gasteiger partial charge in [-0.1, -0.05) is 32.8 Å². The molecule has 12 heavy (non-hydrogen) atoms. The van der Waals surface area contributed by atoms with Crippen LogP contribution in [0.25, 0.3) is 0 Å². The van der Waals surface area contributed by atoms with Crippen LogP contribution in [0.3, 0.4) is 0 Å². The molecule has 0 aromatic rings. The van der Waals surface area contributed by atoms with Gasteiger partial charge in [-0.2, -0.15) is 0 Å². The Morgan fingerprint density at radius 3 is 2.42 bits per heavy atom. The van der Waals surface area contributed by atoms with E-state index in [0.717, 1.165) is 18.4 Å². The van der Waals surface area contributed by atoms with E-state index in [4.69, 9.17) is 0 Å². The van der Waals surface area contributed by atoms with E-state index in [1.807, 2.05) is 0 Å². The summed E-state index contributed by atoms with van der Waals surface area (Å²) in [7, 11) is 0. The highest BCUT2D eigenvalue weighted by molar-refractivity contribution is 5.92. The normalized spacial score (nSPS) is 9.17. The third-order valence-electron chi connectivity index (χ3n) is 1.92. The zero-order chi connectivity index (χ0) is 9.40. The molecule has 0 heterocycles. The molecule has 0 aromatic carbocycles. The van der Waals surface area contributed by atoms with Crippen molar-refractivity contribution in [3.63, 3.8) is 0 Å². The van der Waals surface area contributed by atoms with Crippen molar-refractivity contribution in [2.75, 3.05) is 0 Å². The Kier molecular flexibility index (Phi) is 6.41. The van der Waals surface area contributed by atoms with E-state index in [2.05, 4.69) is 19.2 Å². The van der Waals surface area contributed by atoms with Gasteiger partial charge < -0.3 is 0 Å². The maximum atomic E-state index is 10.9. The zero-order valence-corrected chi connectivity index (χ0v) is 8.15. The quantitative estimate of drug-likeness (QED) is 0.336. The van der Waals surface area contributed by atoms with Crippen LogP contribution in [0.2, 0.25) is 0 Å². The van der Waals surface area contributed by atoms with Crippen LogP contribution in [0.5, 0.6) is 0 Å². The van der Waals surface area contributed by atoms with Crippen molar-refractivity contribution in [2.24, 2.45) is 0 Å². The van der Waals surface area contributed by atoms with Crippen LogP contribution in [0.4, 0.5) is 0 Å². The standard InChI is InChI=1S/C11H18O/c1-4-6-7-8-9-11(5-2)10(3)12/h2,4,6-9H2,1,3H3. The van der Waals surface area contributed by atoms with E-state index >= 15 is 0 Å². The molecule has 68 valence electrons. The average Bonchev–Trinajstić information content (AvgIpc) is 2.04. The molecular formula is C11H18O. The first-order valence-electron chi connectivity index (χ1n) is 4.62. The van der Waals surface area contributed by atoms with Gasteiger partial charge in [0.1, 0.15) is 0 Å². The fourth-order valence-electron chi connectivity index (χ4n) is 1.12. The first-order valence-corrected chi connectivity index (χ1v) is 4.62. The molecule has 0 aliphatic carbocycles. The van der Waals surface area contributed by atoms with Crippen molar-refractivity contribution >= 4 is 5.78 Å². The number of allylic oxidation sites excluding steroid dienone is 1. The van der Waals surface area contributed by atoms with E-state index in [0.29, 0.717) is 0 Å². The maximum absolute atomic E-state index is 10.9. The molecule has 0 radical (unpaired) electrons. The van der Waals surface area contributed by atoms with Gasteiger partial charge in [-0.25, -0.2) is 0 Å². The molecule has 0 N–H and O–H groups in total. The van der Waals surface area contributed by atoms with Crippen molar-refractivity contribution in [2.45, 2.75) is 46.0 Å². The van der Waals surface area contributed by atoms with Crippen molar-refractivity contribution in [1.82, 2.24) is 0 Å². The zero-order valence-electron chi connectivity index (χ0n) is 8.15. The highest BCUT2D eigenvalue weighted by atomic mass is 16.1. The van der Waals surface area contributed by atoms with Gasteiger partial charge in [0, 0.05) is 5.57 Å². The Balaban J connectivity index is 3.61. The third kappa shape index (κ3) is 4.92. The first-order chi connectivity index (χ1) is 5.72. The molecule has 0 fully saturated rings. The number of hydrogen-bond acceptors (Lipinski definition) is 1. The number of Topliss-reactive ketones (excluding diaryl/α,β-unsaturated/α-hetero) is 1. The molecule has 0 aliphatic rings. The van der Waals surface area contributed by atoms with Gasteiger partial charge in [-0.15, -0.1) is 5.73 Å². The first kappa shape index (κ1) is 11.2. The highest BCUT2D eigenvalue weighted by Crippen LogP contribution is 2.09. The lowest BCUT2D eigenvalue weighted by Gasteiger charge is -1.99. The fraction of sp³-hybridized carbons (Fsp3) is 0.636. The van der Waals surface area contributed by atoms with Crippen LogP contribution in [-0.4, -0.2) is 5.78 Å². The molecule has 0 aliphatic heterocycles. The van der Waals surface area contributed by atoms with Crippen LogP contribution < -0.4 is 0 Å². The lowest BCUT2D eigenvalue weighted by atomic mass is 10.0. The number of rotatable bonds is 6. The van der Waals surface area contributed by atoms with E-state index in [9.17, 15) is 4.79 Å². The molecule has 0 saturated heterocycles. The van der Waals surface area contributed by atoms with E-state index in [1.54, 1.807) is 6.92 Å². The molecule has 0 bridgehead atoms. The second-order valence-electron chi connectivity index (χ2n) is 3.02. The summed E-state index contributed by atoms with van der Waals surface area (Å²) >= 11 is 0. The van der Waals surface area contributed by atoms with E-state index < -0.39 is 0 Å². The average molecular weight is 166 g/mol. The Labute approximate surface area is 75.2 Å². The number of carbonyl (C=O) groups excluding carboxylic acids is 1. The lowest BCUT2D eigenvalue weighted by molar-refractivity contribution is -0.113. The summed E-state index contributed by atoms with van der Waals surface area (Å²) in [5.74, 6) is 0.112. The van der Waals surface area contributed by atoms with Gasteiger partial charge in [0.25, 0.3) is 0 Å². The molecule has 0 saturated carbocycles. The van der Waals surface area contributed by atoms with Crippen LogP contribution >= 0.6 is 0 Å². The second-order valence-corrected chi connectivity index (χ2v) is 3.02. The van der Waals surface area contributed by atoms with Crippen molar-refractivity contribution in [3.8, 4) is 0 Å². The van der Waals surface area contributed by atoms with Crippen LogP contribution in [0, 0.1) is 0 Å². The van der Waals surface area contributed by atoms with Crippen LogP contribution in [0.1, 0.15) is 46.0 Å². The number of carbonyl (C=O) groups is 1. The predicted octanol–water partition coefficient (Wildman–Crippen LogP) is 3.26. The Morgan fingerprint density at radius 2 is 2.00 bits per heavy atom. The minimum absolute atomic E-state index is 0.112. The van der Waals surface area contributed by atoms with Gasteiger partial charge in [-0.05, 0) is 19.8 Å². The molecule has 0 atom stereocenters. The summed E-state index contributed by atoms with van der Waals surface area (Å²) in [4.78, 5) is 10.9. The van der Waals surface area contributed by atoms with E-state index in [-0.39, 0.29) is 5.78 Å².